The van der Waals surface area contributed by atoms with E-state index in [-0.39, 0.29) is 46.3 Å². The second kappa shape index (κ2) is 10.7. The van der Waals surface area contributed by atoms with Crippen LogP contribution in [0.5, 0.6) is 0 Å². The Morgan fingerprint density at radius 2 is 1.55 bits per heavy atom. The quantitative estimate of drug-likeness (QED) is 0.310. The van der Waals surface area contributed by atoms with Crippen molar-refractivity contribution in [1.29, 1.82) is 0 Å². The first-order chi connectivity index (χ1) is 19.6. The Labute approximate surface area is 254 Å². The van der Waals surface area contributed by atoms with Gasteiger partial charge in [0.15, 0.2) is 0 Å². The highest BCUT2D eigenvalue weighted by Gasteiger charge is 2.72. The summed E-state index contributed by atoms with van der Waals surface area (Å²) < 4.78 is 6.03. The van der Waals surface area contributed by atoms with Crippen LogP contribution in [0.15, 0.2) is 0 Å². The van der Waals surface area contributed by atoms with Gasteiger partial charge in [-0.1, -0.05) is 48.5 Å². The van der Waals surface area contributed by atoms with E-state index in [1.165, 1.54) is 12.8 Å². The van der Waals surface area contributed by atoms with Gasteiger partial charge in [-0.15, -0.1) is 0 Å². The van der Waals surface area contributed by atoms with E-state index in [0.29, 0.717) is 42.1 Å². The van der Waals surface area contributed by atoms with Gasteiger partial charge in [-0.3, -0.25) is 9.59 Å². The minimum atomic E-state index is -0.970. The SMILES string of the molecule is CCNC(=O)O[C@@H]1CC[C@@]2(C)C(CCC3(C)[C@@H]2CCC2C4[C@H](C(C)C)CC[C@]4(C(=O)NCC(=O)O)CC[C@]23C)C1(C)C. The molecule has 5 aliphatic rings. The molecule has 7 heteroatoms. The Morgan fingerprint density at radius 3 is 2.19 bits per heavy atom. The lowest BCUT2D eigenvalue weighted by Gasteiger charge is -2.73. The van der Waals surface area contributed by atoms with Crippen LogP contribution < -0.4 is 10.6 Å². The van der Waals surface area contributed by atoms with Crippen molar-refractivity contribution in [1.82, 2.24) is 10.6 Å². The summed E-state index contributed by atoms with van der Waals surface area (Å²) in [6.45, 7) is 19.3. The summed E-state index contributed by atoms with van der Waals surface area (Å²) in [6.07, 6.45) is 10.2. The second-order valence-electron chi connectivity index (χ2n) is 16.7. The second-order valence-corrected chi connectivity index (χ2v) is 16.7. The predicted octanol–water partition coefficient (Wildman–Crippen LogP) is 7.04. The molecule has 2 amide bonds. The zero-order chi connectivity index (χ0) is 30.9. The standard InChI is InChI=1S/C35H58N2O5/c1-9-36-30(41)42-26-14-15-32(6)24(31(26,4)5)13-16-34(8)25(32)11-10-23-28-22(21(2)3)12-17-35(28,19-18-33(23,34)7)29(40)37-20-27(38)39/h21-26,28H,9-20H2,1-8H3,(H,36,41)(H,37,40)(H,38,39)/t22-,23?,24?,25+,26+,28?,32-,33+,34?,35-/m0/s1. The van der Waals surface area contributed by atoms with Crippen molar-refractivity contribution in [2.75, 3.05) is 13.1 Å². The van der Waals surface area contributed by atoms with Gasteiger partial charge in [0.05, 0.1) is 5.41 Å². The normalized spacial score (nSPS) is 45.5. The summed E-state index contributed by atoms with van der Waals surface area (Å²) in [4.78, 5) is 37.7. The van der Waals surface area contributed by atoms with E-state index < -0.39 is 11.4 Å². The van der Waals surface area contributed by atoms with Crippen molar-refractivity contribution in [2.24, 2.45) is 62.6 Å². The summed E-state index contributed by atoms with van der Waals surface area (Å²) >= 11 is 0. The minimum absolute atomic E-state index is 0.00442. The molecule has 0 aliphatic heterocycles. The number of carboxylic acids is 1. The smallest absolute Gasteiger partial charge is 0.407 e. The average molecular weight is 587 g/mol. The van der Waals surface area contributed by atoms with E-state index in [4.69, 9.17) is 4.74 Å². The average Bonchev–Trinajstić information content (AvgIpc) is 3.31. The number of aliphatic carboxylic acids is 1. The number of carbonyl (C=O) groups excluding carboxylic acids is 2. The number of ether oxygens (including phenoxy) is 1. The van der Waals surface area contributed by atoms with Crippen LogP contribution in [0.2, 0.25) is 0 Å². The monoisotopic (exact) mass is 586 g/mol. The van der Waals surface area contributed by atoms with E-state index in [1.54, 1.807) is 0 Å². The lowest BCUT2D eigenvalue weighted by molar-refractivity contribution is -0.247. The van der Waals surface area contributed by atoms with Crippen LogP contribution in [0.1, 0.15) is 120 Å². The summed E-state index contributed by atoms with van der Waals surface area (Å²) in [5, 5.41) is 15.0. The van der Waals surface area contributed by atoms with Gasteiger partial charge in [0.25, 0.3) is 0 Å². The number of alkyl carbamates (subject to hydrolysis) is 1. The van der Waals surface area contributed by atoms with Crippen LogP contribution in [0.4, 0.5) is 4.79 Å². The zero-order valence-electron chi connectivity index (χ0n) is 27.6. The molecule has 0 aromatic carbocycles. The fraction of sp³-hybridized carbons (Fsp3) is 0.914. The van der Waals surface area contributed by atoms with Gasteiger partial charge in [-0.25, -0.2) is 4.79 Å². The molecule has 5 rings (SSSR count). The molecular formula is C35H58N2O5. The molecule has 5 fully saturated rings. The van der Waals surface area contributed by atoms with Crippen LogP contribution in [-0.2, 0) is 14.3 Å². The largest absolute Gasteiger partial charge is 0.480 e. The van der Waals surface area contributed by atoms with Gasteiger partial charge in [-0.2, -0.15) is 0 Å². The topological polar surface area (TPSA) is 105 Å². The van der Waals surface area contributed by atoms with E-state index in [2.05, 4.69) is 59.1 Å². The molecule has 10 atom stereocenters. The number of hydrogen-bond acceptors (Lipinski definition) is 4. The van der Waals surface area contributed by atoms with Crippen LogP contribution >= 0.6 is 0 Å². The third-order valence-corrected chi connectivity index (χ3v) is 14.7. The summed E-state index contributed by atoms with van der Waals surface area (Å²) in [6, 6.07) is 0. The van der Waals surface area contributed by atoms with Crippen molar-refractivity contribution in [2.45, 2.75) is 126 Å². The minimum Gasteiger partial charge on any atom is -0.480 e. The first-order valence-electron chi connectivity index (χ1n) is 17.0. The number of amides is 2. The Hall–Kier alpha value is -1.79. The Kier molecular flexibility index (Phi) is 8.04. The number of hydrogen-bond donors (Lipinski definition) is 3. The molecule has 5 saturated carbocycles. The van der Waals surface area contributed by atoms with Crippen molar-refractivity contribution in [3.8, 4) is 0 Å². The maximum absolute atomic E-state index is 13.9. The van der Waals surface area contributed by atoms with E-state index >= 15 is 0 Å². The Bertz CT molecular complexity index is 1090. The molecule has 0 aromatic heterocycles. The van der Waals surface area contributed by atoms with Crippen molar-refractivity contribution >= 4 is 18.0 Å². The van der Waals surface area contributed by atoms with Crippen molar-refractivity contribution in [3.05, 3.63) is 0 Å². The molecule has 0 saturated heterocycles. The lowest BCUT2D eigenvalue weighted by atomic mass is 9.32. The van der Waals surface area contributed by atoms with Gasteiger partial charge in [-0.05, 0) is 123 Å². The van der Waals surface area contributed by atoms with E-state index in [1.807, 2.05) is 6.92 Å². The molecule has 4 unspecified atom stereocenters. The third-order valence-electron chi connectivity index (χ3n) is 14.7. The van der Waals surface area contributed by atoms with Gasteiger partial charge in [0, 0.05) is 12.0 Å². The van der Waals surface area contributed by atoms with Gasteiger partial charge >= 0.3 is 12.1 Å². The maximum Gasteiger partial charge on any atom is 0.407 e. The number of carboxylic acid groups (broad SMARTS) is 1. The van der Waals surface area contributed by atoms with Crippen molar-refractivity contribution in [3.63, 3.8) is 0 Å². The zero-order valence-corrected chi connectivity index (χ0v) is 27.6. The summed E-state index contributed by atoms with van der Waals surface area (Å²) in [7, 11) is 0. The highest BCUT2D eigenvalue weighted by Crippen LogP contribution is 2.77. The molecular weight excluding hydrogens is 528 g/mol. The molecule has 5 aliphatic carbocycles. The van der Waals surface area contributed by atoms with E-state index in [0.717, 1.165) is 51.4 Å². The van der Waals surface area contributed by atoms with Crippen LogP contribution in [-0.4, -0.2) is 42.3 Å². The fourth-order valence-electron chi connectivity index (χ4n) is 12.6. The van der Waals surface area contributed by atoms with Crippen molar-refractivity contribution < 1.29 is 24.2 Å². The Balaban J connectivity index is 1.46. The first-order valence-corrected chi connectivity index (χ1v) is 17.0. The number of rotatable bonds is 6. The molecule has 0 spiro atoms. The number of fused-ring (bicyclic) bond motifs is 7. The molecule has 42 heavy (non-hydrogen) atoms. The van der Waals surface area contributed by atoms with Crippen LogP contribution in [0.25, 0.3) is 0 Å². The molecule has 0 bridgehead atoms. The highest BCUT2D eigenvalue weighted by atomic mass is 16.6. The summed E-state index contributed by atoms with van der Waals surface area (Å²) in [5.74, 6) is 1.91. The van der Waals surface area contributed by atoms with E-state index in [9.17, 15) is 19.5 Å². The predicted molar refractivity (Wildman–Crippen MR) is 164 cm³/mol. The van der Waals surface area contributed by atoms with Crippen LogP contribution in [0.3, 0.4) is 0 Å². The maximum atomic E-state index is 13.9. The third kappa shape index (κ3) is 4.44. The molecule has 0 aromatic rings. The molecule has 7 nitrogen and oxygen atoms in total. The number of nitrogens with one attached hydrogen (secondary N) is 2. The Morgan fingerprint density at radius 1 is 0.833 bits per heavy atom. The summed E-state index contributed by atoms with van der Waals surface area (Å²) in [5.41, 5.74) is -0.0177. The molecule has 0 radical (unpaired) electrons. The van der Waals surface area contributed by atoms with Crippen LogP contribution in [0, 0.1) is 62.6 Å². The van der Waals surface area contributed by atoms with Gasteiger partial charge in [0.2, 0.25) is 5.91 Å². The molecule has 0 heterocycles. The number of carbonyl (C=O) groups is 3. The van der Waals surface area contributed by atoms with Gasteiger partial charge in [0.1, 0.15) is 12.6 Å². The molecule has 3 N–H and O–H groups in total. The molecule has 238 valence electrons. The first kappa shape index (κ1) is 31.6. The lowest BCUT2D eigenvalue weighted by Crippen LogP contribution is -2.67. The fourth-order valence-corrected chi connectivity index (χ4v) is 12.6. The van der Waals surface area contributed by atoms with Gasteiger partial charge < -0.3 is 20.5 Å². The highest BCUT2D eigenvalue weighted by molar-refractivity contribution is 5.86.